The van der Waals surface area contributed by atoms with Crippen molar-refractivity contribution in [1.82, 2.24) is 5.06 Å². The minimum atomic E-state index is -0.869. The van der Waals surface area contributed by atoms with Gasteiger partial charge in [0.2, 0.25) is 0 Å². The molecular formula is C23H18FNO6. The van der Waals surface area contributed by atoms with Crippen LogP contribution in [0, 0.1) is 23.6 Å². The van der Waals surface area contributed by atoms with Crippen LogP contribution in [-0.4, -0.2) is 38.8 Å². The van der Waals surface area contributed by atoms with Crippen molar-refractivity contribution in [2.45, 2.75) is 25.7 Å². The number of amides is 2. The molecule has 1 aromatic rings. The monoisotopic (exact) mass is 423 g/mol. The lowest BCUT2D eigenvalue weighted by atomic mass is 9.59. The lowest BCUT2D eigenvalue weighted by Gasteiger charge is -2.42. The number of hydrogen-bond acceptors (Lipinski definition) is 6. The standard InChI is InChI=1S/C23H18FNO6/c1-9-6-17(27)14-8-13-11(3-4-12-19(13)23(30)25(31)22(12)29)18(20(14)21(9)28)10-2-5-16(26)15(24)7-10/h2-3,5-7,12-13,18-19,26,31H,4,8H2,1H3/t12-,13+,18-,19-/m0/s1. The number of nitrogens with zero attached hydrogens (tertiary/aromatic N) is 1. The Balaban J connectivity index is 1.72. The maximum Gasteiger partial charge on any atom is 0.257 e. The zero-order valence-electron chi connectivity index (χ0n) is 16.5. The predicted molar refractivity (Wildman–Crippen MR) is 103 cm³/mol. The summed E-state index contributed by atoms with van der Waals surface area (Å²) in [5.41, 5.74) is 1.78. The molecule has 0 spiro atoms. The highest BCUT2D eigenvalue weighted by Gasteiger charge is 2.56. The molecule has 0 radical (unpaired) electrons. The van der Waals surface area contributed by atoms with Gasteiger partial charge < -0.3 is 5.11 Å². The van der Waals surface area contributed by atoms with Crippen molar-refractivity contribution in [1.29, 1.82) is 0 Å². The smallest absolute Gasteiger partial charge is 0.257 e. The molecule has 158 valence electrons. The Morgan fingerprint density at radius 3 is 2.55 bits per heavy atom. The molecule has 0 bridgehead atoms. The number of imide groups is 1. The number of allylic oxidation sites excluding steroid dienone is 6. The van der Waals surface area contributed by atoms with E-state index in [-0.39, 0.29) is 46.2 Å². The van der Waals surface area contributed by atoms with Gasteiger partial charge in [0.25, 0.3) is 11.8 Å². The number of Topliss-reactive ketones (excluding diaryl/α,β-unsaturated/α-hetero) is 1. The Bertz CT molecular complexity index is 1190. The Kier molecular flexibility index (Phi) is 4.14. The van der Waals surface area contributed by atoms with Crippen molar-refractivity contribution in [3.05, 3.63) is 64.0 Å². The second kappa shape index (κ2) is 6.55. The quantitative estimate of drug-likeness (QED) is 0.310. The third-order valence-corrected chi connectivity index (χ3v) is 6.85. The number of rotatable bonds is 1. The van der Waals surface area contributed by atoms with Crippen molar-refractivity contribution in [3.63, 3.8) is 0 Å². The first kappa shape index (κ1) is 19.6. The molecule has 2 N–H and O–H groups in total. The van der Waals surface area contributed by atoms with Gasteiger partial charge in [0.15, 0.2) is 23.1 Å². The van der Waals surface area contributed by atoms with E-state index < -0.39 is 47.1 Å². The lowest BCUT2D eigenvalue weighted by molar-refractivity contribution is -0.173. The second-order valence-corrected chi connectivity index (χ2v) is 8.43. The second-order valence-electron chi connectivity index (χ2n) is 8.43. The van der Waals surface area contributed by atoms with Gasteiger partial charge in [0.1, 0.15) is 0 Å². The number of ketones is 2. The highest BCUT2D eigenvalue weighted by molar-refractivity contribution is 6.23. The number of benzene rings is 1. The van der Waals surface area contributed by atoms with E-state index in [1.54, 1.807) is 13.0 Å². The first-order valence-corrected chi connectivity index (χ1v) is 9.96. The van der Waals surface area contributed by atoms with E-state index in [1.165, 1.54) is 18.2 Å². The van der Waals surface area contributed by atoms with Crippen molar-refractivity contribution >= 4 is 23.4 Å². The van der Waals surface area contributed by atoms with Gasteiger partial charge in [-0.2, -0.15) is 5.06 Å². The number of phenolic OH excluding ortho intramolecular Hbond substituents is 1. The molecule has 1 fully saturated rings. The van der Waals surface area contributed by atoms with Crippen LogP contribution >= 0.6 is 0 Å². The van der Waals surface area contributed by atoms with Crippen LogP contribution in [0.3, 0.4) is 0 Å². The fourth-order valence-corrected chi connectivity index (χ4v) is 5.43. The lowest BCUT2D eigenvalue weighted by Crippen LogP contribution is -2.39. The number of hydroxylamine groups is 2. The van der Waals surface area contributed by atoms with Gasteiger partial charge in [0.05, 0.1) is 11.8 Å². The van der Waals surface area contributed by atoms with E-state index in [2.05, 4.69) is 0 Å². The van der Waals surface area contributed by atoms with E-state index in [9.17, 15) is 33.9 Å². The molecule has 1 aromatic carbocycles. The molecule has 4 aliphatic rings. The highest BCUT2D eigenvalue weighted by atomic mass is 19.1. The fourth-order valence-electron chi connectivity index (χ4n) is 5.43. The number of carbonyl (C=O) groups is 4. The number of hydrogen-bond donors (Lipinski definition) is 2. The normalized spacial score (nSPS) is 30.1. The van der Waals surface area contributed by atoms with Crippen LogP contribution in [0.2, 0.25) is 0 Å². The largest absolute Gasteiger partial charge is 0.505 e. The summed E-state index contributed by atoms with van der Waals surface area (Å²) in [7, 11) is 0. The average molecular weight is 423 g/mol. The molecule has 0 aromatic heterocycles. The molecule has 2 amide bonds. The molecule has 0 unspecified atom stereocenters. The van der Waals surface area contributed by atoms with Gasteiger partial charge in [-0.1, -0.05) is 17.7 Å². The summed E-state index contributed by atoms with van der Waals surface area (Å²) in [6.45, 7) is 1.54. The molecule has 0 saturated carbocycles. The fraction of sp³-hybridized carbons (Fsp3) is 0.304. The zero-order valence-corrected chi connectivity index (χ0v) is 16.5. The SMILES string of the molecule is CC1=CC(=O)C2=C(C1=O)[C@@H](c1ccc(O)c(F)c1)C1=CC[C@@H]3C(=O)N(O)C(=O)[C@@H]3[C@@H]1C2. The molecule has 3 aliphatic carbocycles. The van der Waals surface area contributed by atoms with Gasteiger partial charge >= 0.3 is 0 Å². The van der Waals surface area contributed by atoms with Gasteiger partial charge in [-0.15, -0.1) is 0 Å². The summed E-state index contributed by atoms with van der Waals surface area (Å²) in [4.78, 5) is 50.9. The van der Waals surface area contributed by atoms with Crippen LogP contribution in [0.15, 0.2) is 52.6 Å². The number of carbonyl (C=O) groups excluding carboxylic acids is 4. The summed E-state index contributed by atoms with van der Waals surface area (Å²) in [6.07, 6.45) is 3.29. The number of halogens is 1. The number of phenols is 1. The minimum absolute atomic E-state index is 0.0839. The van der Waals surface area contributed by atoms with E-state index in [0.717, 1.165) is 6.07 Å². The van der Waals surface area contributed by atoms with Crippen LogP contribution in [-0.2, 0) is 19.2 Å². The number of aromatic hydroxyl groups is 1. The van der Waals surface area contributed by atoms with Crippen LogP contribution in [0.4, 0.5) is 4.39 Å². The molecule has 1 aliphatic heterocycles. The van der Waals surface area contributed by atoms with Crippen molar-refractivity contribution in [2.75, 3.05) is 0 Å². The Morgan fingerprint density at radius 2 is 1.84 bits per heavy atom. The molecule has 31 heavy (non-hydrogen) atoms. The molecule has 1 heterocycles. The van der Waals surface area contributed by atoms with Gasteiger partial charge in [0, 0.05) is 22.6 Å². The molecule has 8 heteroatoms. The first-order chi connectivity index (χ1) is 14.7. The van der Waals surface area contributed by atoms with Crippen LogP contribution in [0.5, 0.6) is 5.75 Å². The molecule has 7 nitrogen and oxygen atoms in total. The average Bonchev–Trinajstić information content (AvgIpc) is 2.97. The Labute approximate surface area is 176 Å². The third kappa shape index (κ3) is 2.61. The van der Waals surface area contributed by atoms with Gasteiger partial charge in [-0.05, 0) is 49.5 Å². The molecule has 5 rings (SSSR count). The van der Waals surface area contributed by atoms with Gasteiger partial charge in [-0.25, -0.2) is 4.39 Å². The van der Waals surface area contributed by atoms with E-state index in [0.29, 0.717) is 11.1 Å². The zero-order chi connectivity index (χ0) is 22.2. The summed E-state index contributed by atoms with van der Waals surface area (Å²) in [5.74, 6) is -6.47. The molecule has 1 saturated heterocycles. The maximum absolute atomic E-state index is 14.2. The summed E-state index contributed by atoms with van der Waals surface area (Å²) >= 11 is 0. The topological polar surface area (TPSA) is 112 Å². The van der Waals surface area contributed by atoms with E-state index in [4.69, 9.17) is 0 Å². The third-order valence-electron chi connectivity index (χ3n) is 6.85. The van der Waals surface area contributed by atoms with Crippen LogP contribution in [0.1, 0.15) is 31.2 Å². The van der Waals surface area contributed by atoms with Crippen molar-refractivity contribution < 1.29 is 33.9 Å². The van der Waals surface area contributed by atoms with Crippen molar-refractivity contribution in [3.8, 4) is 5.75 Å². The molecule has 4 atom stereocenters. The summed E-state index contributed by atoms with van der Waals surface area (Å²) in [5, 5.41) is 19.6. The predicted octanol–water partition coefficient (Wildman–Crippen LogP) is 2.35. The number of fused-ring (bicyclic) bond motifs is 3. The van der Waals surface area contributed by atoms with Gasteiger partial charge in [-0.3, -0.25) is 24.4 Å². The van der Waals surface area contributed by atoms with Crippen LogP contribution in [0.25, 0.3) is 0 Å². The first-order valence-electron chi connectivity index (χ1n) is 9.96. The summed E-state index contributed by atoms with van der Waals surface area (Å²) < 4.78 is 14.2. The van der Waals surface area contributed by atoms with E-state index >= 15 is 0 Å². The maximum atomic E-state index is 14.2. The Morgan fingerprint density at radius 1 is 1.10 bits per heavy atom. The Hall–Kier alpha value is -3.39. The highest BCUT2D eigenvalue weighted by Crippen LogP contribution is 2.55. The van der Waals surface area contributed by atoms with Crippen molar-refractivity contribution in [2.24, 2.45) is 17.8 Å². The minimum Gasteiger partial charge on any atom is -0.505 e. The summed E-state index contributed by atoms with van der Waals surface area (Å²) in [6, 6.07) is 3.78. The van der Waals surface area contributed by atoms with E-state index in [1.807, 2.05) is 0 Å². The molecular weight excluding hydrogens is 405 g/mol. The van der Waals surface area contributed by atoms with Crippen LogP contribution < -0.4 is 0 Å².